The van der Waals surface area contributed by atoms with Crippen molar-refractivity contribution in [2.45, 2.75) is 32.5 Å². The molecule has 0 radical (unpaired) electrons. The minimum atomic E-state index is -0.697. The number of nitrogens with zero attached hydrogens (tertiary/aromatic N) is 4. The molecule has 0 aliphatic carbocycles. The maximum absolute atomic E-state index is 12.6. The van der Waals surface area contributed by atoms with Crippen molar-refractivity contribution >= 4 is 5.91 Å². The Morgan fingerprint density at radius 3 is 2.71 bits per heavy atom. The number of hydrogen-bond donors (Lipinski definition) is 1. The number of rotatable bonds is 5. The summed E-state index contributed by atoms with van der Waals surface area (Å²) in [5, 5.41) is 4.06. The first-order valence-electron chi connectivity index (χ1n) is 6.92. The van der Waals surface area contributed by atoms with E-state index in [4.69, 9.17) is 5.73 Å². The summed E-state index contributed by atoms with van der Waals surface area (Å²) in [6, 6.07) is 3.17. The average molecular weight is 287 g/mol. The van der Waals surface area contributed by atoms with E-state index in [1.54, 1.807) is 41.4 Å². The van der Waals surface area contributed by atoms with Gasteiger partial charge in [0.15, 0.2) is 0 Å². The molecule has 0 bridgehead atoms. The van der Waals surface area contributed by atoms with Crippen molar-refractivity contribution in [3.05, 3.63) is 48.0 Å². The van der Waals surface area contributed by atoms with E-state index in [-0.39, 0.29) is 11.9 Å². The Hall–Kier alpha value is -2.21. The summed E-state index contributed by atoms with van der Waals surface area (Å²) in [6.45, 7) is 4.45. The number of carbonyl (C=O) groups excluding carboxylic acids is 1. The van der Waals surface area contributed by atoms with Crippen molar-refractivity contribution in [1.29, 1.82) is 0 Å². The van der Waals surface area contributed by atoms with Gasteiger partial charge < -0.3 is 10.6 Å². The topological polar surface area (TPSA) is 77.0 Å². The number of carbonyl (C=O) groups is 1. The van der Waals surface area contributed by atoms with Gasteiger partial charge in [0, 0.05) is 43.8 Å². The molecule has 2 aromatic rings. The van der Waals surface area contributed by atoms with E-state index in [0.717, 1.165) is 11.1 Å². The summed E-state index contributed by atoms with van der Waals surface area (Å²) in [5.41, 5.74) is 7.79. The highest BCUT2D eigenvalue weighted by Gasteiger charge is 2.25. The number of aryl methyl sites for hydroxylation is 1. The van der Waals surface area contributed by atoms with Gasteiger partial charge >= 0.3 is 0 Å². The minimum absolute atomic E-state index is 0.0560. The second-order valence-electron chi connectivity index (χ2n) is 5.35. The average Bonchev–Trinajstić information content (AvgIpc) is 2.90. The number of hydrogen-bond acceptors (Lipinski definition) is 4. The number of amides is 1. The van der Waals surface area contributed by atoms with Crippen LogP contribution >= 0.6 is 0 Å². The van der Waals surface area contributed by atoms with Gasteiger partial charge in [-0.2, -0.15) is 5.10 Å². The van der Waals surface area contributed by atoms with Crippen LogP contribution in [0.3, 0.4) is 0 Å². The van der Waals surface area contributed by atoms with E-state index in [9.17, 15) is 4.79 Å². The Morgan fingerprint density at radius 1 is 1.43 bits per heavy atom. The van der Waals surface area contributed by atoms with Crippen LogP contribution in [0.15, 0.2) is 36.9 Å². The van der Waals surface area contributed by atoms with Crippen molar-refractivity contribution in [3.8, 4) is 0 Å². The molecule has 1 atom stereocenters. The lowest BCUT2D eigenvalue weighted by atomic mass is 10.1. The molecule has 0 aliphatic heterocycles. The van der Waals surface area contributed by atoms with Crippen LogP contribution in [0, 0.1) is 0 Å². The van der Waals surface area contributed by atoms with Crippen molar-refractivity contribution in [2.24, 2.45) is 12.8 Å². The minimum Gasteiger partial charge on any atom is -0.334 e. The summed E-state index contributed by atoms with van der Waals surface area (Å²) in [6.07, 6.45) is 6.88. The van der Waals surface area contributed by atoms with Crippen molar-refractivity contribution in [3.63, 3.8) is 0 Å². The molecule has 0 spiro atoms. The van der Waals surface area contributed by atoms with Crippen LogP contribution in [-0.2, 0) is 18.4 Å². The molecule has 6 nitrogen and oxygen atoms in total. The summed E-state index contributed by atoms with van der Waals surface area (Å²) < 4.78 is 1.64. The van der Waals surface area contributed by atoms with Crippen molar-refractivity contribution in [1.82, 2.24) is 19.7 Å². The molecule has 2 heterocycles. The zero-order chi connectivity index (χ0) is 15.4. The second-order valence-corrected chi connectivity index (χ2v) is 5.35. The molecule has 2 N–H and O–H groups in total. The third-order valence-electron chi connectivity index (χ3n) is 3.33. The number of nitrogens with two attached hydrogens (primary N) is 1. The Balaban J connectivity index is 2.16. The Morgan fingerprint density at radius 2 is 2.19 bits per heavy atom. The van der Waals surface area contributed by atoms with Gasteiger partial charge in [-0.25, -0.2) is 0 Å². The Kier molecular flexibility index (Phi) is 4.70. The molecular formula is C15H21N5O. The van der Waals surface area contributed by atoms with E-state index in [2.05, 4.69) is 10.1 Å². The van der Waals surface area contributed by atoms with Gasteiger partial charge in [-0.05, 0) is 25.5 Å². The fraction of sp³-hybridized carbons (Fsp3) is 0.400. The van der Waals surface area contributed by atoms with Gasteiger partial charge in [-0.15, -0.1) is 0 Å². The molecule has 0 saturated carbocycles. The highest BCUT2D eigenvalue weighted by atomic mass is 16.2. The van der Waals surface area contributed by atoms with E-state index < -0.39 is 6.04 Å². The molecular weight excluding hydrogens is 266 g/mol. The molecule has 0 aromatic carbocycles. The molecule has 6 heteroatoms. The quantitative estimate of drug-likeness (QED) is 0.898. The molecule has 21 heavy (non-hydrogen) atoms. The van der Waals surface area contributed by atoms with Crippen LogP contribution in [0.25, 0.3) is 0 Å². The van der Waals surface area contributed by atoms with Gasteiger partial charge in [-0.1, -0.05) is 6.07 Å². The van der Waals surface area contributed by atoms with Crippen LogP contribution in [0.4, 0.5) is 0 Å². The first-order chi connectivity index (χ1) is 9.99. The molecule has 0 aliphatic rings. The van der Waals surface area contributed by atoms with Gasteiger partial charge in [0.1, 0.15) is 6.04 Å². The van der Waals surface area contributed by atoms with Crippen molar-refractivity contribution < 1.29 is 4.79 Å². The Labute approximate surface area is 124 Å². The second kappa shape index (κ2) is 6.49. The standard InChI is InChI=1S/C15H21N5O/c1-11(2)20(9-12-5-4-6-17-7-12)15(21)14(16)13-8-18-19(3)10-13/h4-8,10-11,14H,9,16H2,1-3H3. The summed E-state index contributed by atoms with van der Waals surface area (Å²) >= 11 is 0. The van der Waals surface area contributed by atoms with Crippen LogP contribution in [0.5, 0.6) is 0 Å². The first kappa shape index (κ1) is 15.2. The van der Waals surface area contributed by atoms with Gasteiger partial charge in [0.25, 0.3) is 0 Å². The fourth-order valence-corrected chi connectivity index (χ4v) is 2.13. The molecule has 1 unspecified atom stereocenters. The smallest absolute Gasteiger partial charge is 0.244 e. The summed E-state index contributed by atoms with van der Waals surface area (Å²) in [4.78, 5) is 18.5. The Bertz CT molecular complexity index is 593. The van der Waals surface area contributed by atoms with Crippen LogP contribution in [-0.4, -0.2) is 31.6 Å². The lowest BCUT2D eigenvalue weighted by Crippen LogP contribution is -2.42. The van der Waals surface area contributed by atoms with E-state index in [1.165, 1.54) is 0 Å². The fourth-order valence-electron chi connectivity index (χ4n) is 2.13. The highest BCUT2D eigenvalue weighted by molar-refractivity contribution is 5.83. The lowest BCUT2D eigenvalue weighted by molar-refractivity contribution is -0.135. The van der Waals surface area contributed by atoms with E-state index >= 15 is 0 Å². The predicted molar refractivity (Wildman–Crippen MR) is 80.1 cm³/mol. The number of aromatic nitrogens is 3. The maximum atomic E-state index is 12.6. The highest BCUT2D eigenvalue weighted by Crippen LogP contribution is 2.16. The molecule has 0 saturated heterocycles. The lowest BCUT2D eigenvalue weighted by Gasteiger charge is -2.29. The summed E-state index contributed by atoms with van der Waals surface area (Å²) in [7, 11) is 1.80. The zero-order valence-electron chi connectivity index (χ0n) is 12.6. The third kappa shape index (κ3) is 3.66. The molecule has 1 amide bonds. The van der Waals surface area contributed by atoms with Crippen LogP contribution < -0.4 is 5.73 Å². The molecule has 112 valence electrons. The van der Waals surface area contributed by atoms with Gasteiger partial charge in [0.2, 0.25) is 5.91 Å². The van der Waals surface area contributed by atoms with Gasteiger partial charge in [0.05, 0.1) is 6.20 Å². The van der Waals surface area contributed by atoms with Crippen molar-refractivity contribution in [2.75, 3.05) is 0 Å². The van der Waals surface area contributed by atoms with E-state index in [0.29, 0.717) is 6.54 Å². The normalized spacial score (nSPS) is 12.4. The van der Waals surface area contributed by atoms with Crippen LogP contribution in [0.1, 0.15) is 31.0 Å². The van der Waals surface area contributed by atoms with Gasteiger partial charge in [-0.3, -0.25) is 14.5 Å². The molecule has 2 aromatic heterocycles. The van der Waals surface area contributed by atoms with E-state index in [1.807, 2.05) is 26.0 Å². The largest absolute Gasteiger partial charge is 0.334 e. The predicted octanol–water partition coefficient (Wildman–Crippen LogP) is 1.25. The molecule has 0 fully saturated rings. The first-order valence-corrected chi connectivity index (χ1v) is 6.92. The SMILES string of the molecule is CC(C)N(Cc1cccnc1)C(=O)C(N)c1cnn(C)c1. The van der Waals surface area contributed by atoms with Crippen LogP contribution in [0.2, 0.25) is 0 Å². The number of pyridine rings is 1. The monoisotopic (exact) mass is 287 g/mol. The maximum Gasteiger partial charge on any atom is 0.244 e. The third-order valence-corrected chi connectivity index (χ3v) is 3.33. The summed E-state index contributed by atoms with van der Waals surface area (Å²) in [5.74, 6) is -0.109. The zero-order valence-corrected chi connectivity index (χ0v) is 12.6. The molecule has 2 rings (SSSR count).